The van der Waals surface area contributed by atoms with Gasteiger partial charge in [0.1, 0.15) is 6.61 Å². The molecule has 1 amide bonds. The number of nitrogens with one attached hydrogen (secondary N) is 1. The standard InChI is InChI=1S/C19H21NO4/c1-23-18(21)13-17-9-5-8-15(12-17)10-11-20-19(22)24-14-16-6-3-2-4-7-16/h2-9,12H,10-11,13-14H2,1H3,(H,20,22). The highest BCUT2D eigenvalue weighted by molar-refractivity contribution is 5.72. The normalized spacial score (nSPS) is 10.0. The van der Waals surface area contributed by atoms with Gasteiger partial charge in [-0.05, 0) is 23.1 Å². The van der Waals surface area contributed by atoms with Crippen LogP contribution in [0.5, 0.6) is 0 Å². The zero-order valence-electron chi connectivity index (χ0n) is 13.7. The third-order valence-electron chi connectivity index (χ3n) is 3.46. The molecule has 1 N–H and O–H groups in total. The molecule has 0 bridgehead atoms. The van der Waals surface area contributed by atoms with Crippen LogP contribution in [0.15, 0.2) is 54.6 Å². The first kappa shape index (κ1) is 17.5. The van der Waals surface area contributed by atoms with Crippen molar-refractivity contribution in [3.8, 4) is 0 Å². The second kappa shape index (κ2) is 9.35. The zero-order valence-corrected chi connectivity index (χ0v) is 13.7. The average Bonchev–Trinajstić information content (AvgIpc) is 2.61. The van der Waals surface area contributed by atoms with Crippen molar-refractivity contribution in [2.75, 3.05) is 13.7 Å². The molecule has 0 spiro atoms. The summed E-state index contributed by atoms with van der Waals surface area (Å²) < 4.78 is 9.80. The van der Waals surface area contributed by atoms with E-state index >= 15 is 0 Å². The van der Waals surface area contributed by atoms with Crippen molar-refractivity contribution in [2.24, 2.45) is 0 Å². The number of ether oxygens (including phenoxy) is 2. The molecule has 24 heavy (non-hydrogen) atoms. The highest BCUT2D eigenvalue weighted by Gasteiger charge is 2.05. The van der Waals surface area contributed by atoms with Crippen LogP contribution in [0, 0.1) is 0 Å². The Morgan fingerprint density at radius 2 is 1.67 bits per heavy atom. The SMILES string of the molecule is COC(=O)Cc1cccc(CCNC(=O)OCc2ccccc2)c1. The van der Waals surface area contributed by atoms with Gasteiger partial charge in [-0.1, -0.05) is 54.6 Å². The smallest absolute Gasteiger partial charge is 0.407 e. The molecule has 0 aliphatic rings. The highest BCUT2D eigenvalue weighted by atomic mass is 16.5. The maximum Gasteiger partial charge on any atom is 0.407 e. The van der Waals surface area contributed by atoms with Crippen molar-refractivity contribution < 1.29 is 19.1 Å². The maximum atomic E-state index is 11.7. The third-order valence-corrected chi connectivity index (χ3v) is 3.46. The van der Waals surface area contributed by atoms with Crippen LogP contribution in [-0.4, -0.2) is 25.7 Å². The first-order valence-corrected chi connectivity index (χ1v) is 7.76. The number of alkyl carbamates (subject to hydrolysis) is 1. The molecule has 5 nitrogen and oxygen atoms in total. The number of hydrogen-bond donors (Lipinski definition) is 1. The molecule has 5 heteroatoms. The van der Waals surface area contributed by atoms with E-state index in [1.165, 1.54) is 7.11 Å². The van der Waals surface area contributed by atoms with Gasteiger partial charge in [-0.2, -0.15) is 0 Å². The van der Waals surface area contributed by atoms with Gasteiger partial charge in [0.05, 0.1) is 13.5 Å². The summed E-state index contributed by atoms with van der Waals surface area (Å²) in [5.74, 6) is -0.269. The number of methoxy groups -OCH3 is 1. The monoisotopic (exact) mass is 327 g/mol. The Hall–Kier alpha value is -2.82. The fourth-order valence-corrected chi connectivity index (χ4v) is 2.22. The van der Waals surface area contributed by atoms with Gasteiger partial charge < -0.3 is 14.8 Å². The van der Waals surface area contributed by atoms with E-state index in [4.69, 9.17) is 4.74 Å². The number of hydrogen-bond acceptors (Lipinski definition) is 4. The molecule has 0 saturated heterocycles. The summed E-state index contributed by atoms with van der Waals surface area (Å²) in [6.07, 6.45) is 0.469. The van der Waals surface area contributed by atoms with E-state index in [1.54, 1.807) is 0 Å². The Bertz CT molecular complexity index is 670. The quantitative estimate of drug-likeness (QED) is 0.794. The second-order valence-corrected chi connectivity index (χ2v) is 5.31. The van der Waals surface area contributed by atoms with Crippen LogP contribution in [0.4, 0.5) is 4.79 Å². The number of carbonyl (C=O) groups is 2. The van der Waals surface area contributed by atoms with Crippen LogP contribution in [0.25, 0.3) is 0 Å². The summed E-state index contributed by atoms with van der Waals surface area (Å²) in [5.41, 5.74) is 2.88. The molecule has 0 fully saturated rings. The third kappa shape index (κ3) is 6.12. The van der Waals surface area contributed by atoms with Gasteiger partial charge in [0.2, 0.25) is 0 Å². The van der Waals surface area contributed by atoms with E-state index < -0.39 is 6.09 Å². The van der Waals surface area contributed by atoms with Crippen molar-refractivity contribution in [2.45, 2.75) is 19.4 Å². The summed E-state index contributed by atoms with van der Waals surface area (Å²) in [6, 6.07) is 17.2. The fourth-order valence-electron chi connectivity index (χ4n) is 2.22. The molecule has 0 radical (unpaired) electrons. The molecule has 2 aromatic carbocycles. The van der Waals surface area contributed by atoms with Crippen LogP contribution in [0.3, 0.4) is 0 Å². The van der Waals surface area contributed by atoms with Gasteiger partial charge in [-0.15, -0.1) is 0 Å². The van der Waals surface area contributed by atoms with E-state index in [0.29, 0.717) is 13.0 Å². The molecule has 0 unspecified atom stereocenters. The lowest BCUT2D eigenvalue weighted by atomic mass is 10.1. The Morgan fingerprint density at radius 3 is 2.42 bits per heavy atom. The Morgan fingerprint density at radius 1 is 0.958 bits per heavy atom. The molecule has 0 atom stereocenters. The first-order chi connectivity index (χ1) is 11.7. The molecule has 0 heterocycles. The van der Waals surface area contributed by atoms with Crippen LogP contribution < -0.4 is 5.32 Å². The summed E-state index contributed by atoms with van der Waals surface area (Å²) in [4.78, 5) is 23.0. The van der Waals surface area contributed by atoms with Crippen LogP contribution in [-0.2, 0) is 33.7 Å². The number of esters is 1. The fraction of sp³-hybridized carbons (Fsp3) is 0.263. The molecule has 2 aromatic rings. The highest BCUT2D eigenvalue weighted by Crippen LogP contribution is 2.07. The van der Waals surface area contributed by atoms with E-state index in [-0.39, 0.29) is 19.0 Å². The average molecular weight is 327 g/mol. The summed E-state index contributed by atoms with van der Waals surface area (Å²) in [6.45, 7) is 0.719. The van der Waals surface area contributed by atoms with Gasteiger partial charge in [0.15, 0.2) is 0 Å². The van der Waals surface area contributed by atoms with Gasteiger partial charge in [0.25, 0.3) is 0 Å². The largest absolute Gasteiger partial charge is 0.469 e. The van der Waals surface area contributed by atoms with E-state index in [1.807, 2.05) is 54.6 Å². The summed E-state index contributed by atoms with van der Waals surface area (Å²) >= 11 is 0. The first-order valence-electron chi connectivity index (χ1n) is 7.76. The molecule has 2 rings (SSSR count). The van der Waals surface area contributed by atoms with Crippen molar-refractivity contribution in [1.29, 1.82) is 0 Å². The molecule has 126 valence electrons. The lowest BCUT2D eigenvalue weighted by Gasteiger charge is -2.08. The predicted molar refractivity (Wildman–Crippen MR) is 90.5 cm³/mol. The number of amides is 1. The van der Waals surface area contributed by atoms with Crippen LogP contribution in [0.2, 0.25) is 0 Å². The van der Waals surface area contributed by atoms with E-state index in [9.17, 15) is 9.59 Å². The lowest BCUT2D eigenvalue weighted by molar-refractivity contribution is -0.139. The molecular formula is C19H21NO4. The molecule has 0 saturated carbocycles. The summed E-state index contributed by atoms with van der Waals surface area (Å²) in [5, 5.41) is 2.72. The minimum Gasteiger partial charge on any atom is -0.469 e. The topological polar surface area (TPSA) is 64.6 Å². The summed E-state index contributed by atoms with van der Waals surface area (Å²) in [7, 11) is 1.37. The van der Waals surface area contributed by atoms with E-state index in [2.05, 4.69) is 10.1 Å². The maximum absolute atomic E-state index is 11.7. The van der Waals surface area contributed by atoms with E-state index in [0.717, 1.165) is 16.7 Å². The molecule has 0 aromatic heterocycles. The van der Waals surface area contributed by atoms with Crippen molar-refractivity contribution in [1.82, 2.24) is 5.32 Å². The number of benzene rings is 2. The van der Waals surface area contributed by atoms with Crippen molar-refractivity contribution >= 4 is 12.1 Å². The molecule has 0 aliphatic carbocycles. The van der Waals surface area contributed by atoms with Gasteiger partial charge in [-0.25, -0.2) is 4.79 Å². The van der Waals surface area contributed by atoms with Gasteiger partial charge >= 0.3 is 12.1 Å². The Kier molecular flexibility index (Phi) is 6.83. The minimum absolute atomic E-state index is 0.247. The second-order valence-electron chi connectivity index (χ2n) is 5.31. The predicted octanol–water partition coefficient (Wildman–Crippen LogP) is 2.87. The molecule has 0 aliphatic heterocycles. The van der Waals surface area contributed by atoms with Gasteiger partial charge in [-0.3, -0.25) is 4.79 Å². The lowest BCUT2D eigenvalue weighted by Crippen LogP contribution is -2.26. The van der Waals surface area contributed by atoms with Crippen LogP contribution in [0.1, 0.15) is 16.7 Å². The number of carbonyl (C=O) groups excluding carboxylic acids is 2. The Balaban J connectivity index is 1.72. The van der Waals surface area contributed by atoms with Crippen molar-refractivity contribution in [3.05, 3.63) is 71.3 Å². The van der Waals surface area contributed by atoms with Crippen molar-refractivity contribution in [3.63, 3.8) is 0 Å². The Labute approximate surface area is 141 Å². The number of rotatable bonds is 7. The van der Waals surface area contributed by atoms with Gasteiger partial charge in [0, 0.05) is 6.54 Å². The minimum atomic E-state index is -0.440. The zero-order chi connectivity index (χ0) is 17.2. The molecular weight excluding hydrogens is 306 g/mol. The van der Waals surface area contributed by atoms with Crippen LogP contribution >= 0.6 is 0 Å².